The molecule has 1 aromatic rings. The second kappa shape index (κ2) is 6.22. The van der Waals surface area contributed by atoms with Crippen molar-refractivity contribution >= 4 is 24.5 Å². The minimum absolute atomic E-state index is 0. The molecule has 0 unspecified atom stereocenters. The van der Waals surface area contributed by atoms with E-state index in [9.17, 15) is 4.79 Å². The van der Waals surface area contributed by atoms with E-state index in [2.05, 4.69) is 6.58 Å². The van der Waals surface area contributed by atoms with Crippen LogP contribution in [0.5, 0.6) is 0 Å². The zero-order chi connectivity index (χ0) is 9.68. The largest absolute Gasteiger partial charge is 0.481 e. The average molecular weight is 213 g/mol. The molecule has 0 aliphatic heterocycles. The van der Waals surface area contributed by atoms with Crippen molar-refractivity contribution < 1.29 is 9.90 Å². The highest BCUT2D eigenvalue weighted by atomic mass is 35.5. The summed E-state index contributed by atoms with van der Waals surface area (Å²) in [6.07, 6.45) is 2.54. The van der Waals surface area contributed by atoms with Crippen LogP contribution in [0.15, 0.2) is 30.8 Å². The van der Waals surface area contributed by atoms with Gasteiger partial charge in [0.05, 0.1) is 0 Å². The van der Waals surface area contributed by atoms with Gasteiger partial charge < -0.3 is 5.11 Å². The van der Waals surface area contributed by atoms with Crippen molar-refractivity contribution in [3.8, 4) is 0 Å². The fourth-order valence-electron chi connectivity index (χ4n) is 1.07. The predicted molar refractivity (Wildman–Crippen MR) is 59.7 cm³/mol. The summed E-state index contributed by atoms with van der Waals surface area (Å²) in [5.74, 6) is -0.757. The standard InChI is InChI=1S/C11H12O2.ClH/c1-2-9-3-5-10(6-4-9)7-8-11(12)13;/h2-6H,1,7-8H2,(H,12,13);1H. The molecule has 0 aliphatic carbocycles. The van der Waals surface area contributed by atoms with E-state index in [1.165, 1.54) is 0 Å². The molecule has 1 rings (SSSR count). The number of benzene rings is 1. The normalized spacial score (nSPS) is 8.86. The molecule has 0 aromatic heterocycles. The monoisotopic (exact) mass is 212 g/mol. The van der Waals surface area contributed by atoms with Gasteiger partial charge in [-0.05, 0) is 17.5 Å². The van der Waals surface area contributed by atoms with Crippen LogP contribution < -0.4 is 0 Å². The number of rotatable bonds is 4. The van der Waals surface area contributed by atoms with Crippen molar-refractivity contribution in [2.24, 2.45) is 0 Å². The third kappa shape index (κ3) is 4.10. The van der Waals surface area contributed by atoms with Gasteiger partial charge in [0.1, 0.15) is 0 Å². The smallest absolute Gasteiger partial charge is 0.303 e. The second-order valence-electron chi connectivity index (χ2n) is 2.84. The molecule has 0 saturated heterocycles. The van der Waals surface area contributed by atoms with E-state index in [0.717, 1.165) is 11.1 Å². The number of hydrogen-bond donors (Lipinski definition) is 1. The van der Waals surface area contributed by atoms with Crippen LogP contribution in [0.4, 0.5) is 0 Å². The van der Waals surface area contributed by atoms with Gasteiger partial charge in [-0.3, -0.25) is 4.79 Å². The Morgan fingerprint density at radius 3 is 2.36 bits per heavy atom. The Hall–Kier alpha value is -1.28. The van der Waals surface area contributed by atoms with Crippen molar-refractivity contribution in [3.63, 3.8) is 0 Å². The lowest BCUT2D eigenvalue weighted by Crippen LogP contribution is -1.97. The summed E-state index contributed by atoms with van der Waals surface area (Å²) < 4.78 is 0. The highest BCUT2D eigenvalue weighted by Crippen LogP contribution is 2.07. The van der Waals surface area contributed by atoms with E-state index >= 15 is 0 Å². The van der Waals surface area contributed by atoms with Gasteiger partial charge in [-0.2, -0.15) is 0 Å². The quantitative estimate of drug-likeness (QED) is 0.834. The lowest BCUT2D eigenvalue weighted by atomic mass is 10.1. The number of carboxylic acid groups (broad SMARTS) is 1. The van der Waals surface area contributed by atoms with Crippen LogP contribution in [-0.2, 0) is 11.2 Å². The summed E-state index contributed by atoms with van der Waals surface area (Å²) >= 11 is 0. The molecule has 0 bridgehead atoms. The number of halogens is 1. The lowest BCUT2D eigenvalue weighted by molar-refractivity contribution is -0.136. The third-order valence-corrected chi connectivity index (χ3v) is 1.84. The zero-order valence-corrected chi connectivity index (χ0v) is 8.59. The van der Waals surface area contributed by atoms with E-state index < -0.39 is 5.97 Å². The molecular weight excluding hydrogens is 200 g/mol. The molecule has 0 heterocycles. The predicted octanol–water partition coefficient (Wildman–Crippen LogP) is 2.77. The first-order chi connectivity index (χ1) is 6.22. The Kier molecular flexibility index (Phi) is 5.65. The van der Waals surface area contributed by atoms with Gasteiger partial charge >= 0.3 is 5.97 Å². The second-order valence-corrected chi connectivity index (χ2v) is 2.84. The van der Waals surface area contributed by atoms with Crippen molar-refractivity contribution in [3.05, 3.63) is 42.0 Å². The zero-order valence-electron chi connectivity index (χ0n) is 7.77. The van der Waals surface area contributed by atoms with Crippen LogP contribution >= 0.6 is 12.4 Å². The van der Waals surface area contributed by atoms with E-state index in [4.69, 9.17) is 5.11 Å². The van der Waals surface area contributed by atoms with Crippen molar-refractivity contribution in [1.82, 2.24) is 0 Å². The molecule has 0 fully saturated rings. The molecule has 3 heteroatoms. The third-order valence-electron chi connectivity index (χ3n) is 1.84. The molecular formula is C11H13ClO2. The first kappa shape index (κ1) is 12.7. The Bertz CT molecular complexity index is 304. The maximum atomic E-state index is 10.3. The summed E-state index contributed by atoms with van der Waals surface area (Å²) in [6.45, 7) is 3.64. The molecule has 2 nitrogen and oxygen atoms in total. The van der Waals surface area contributed by atoms with Crippen molar-refractivity contribution in [1.29, 1.82) is 0 Å². The minimum atomic E-state index is -0.757. The lowest BCUT2D eigenvalue weighted by Gasteiger charge is -1.98. The summed E-state index contributed by atoms with van der Waals surface area (Å²) in [5, 5.41) is 8.46. The number of carbonyl (C=O) groups is 1. The van der Waals surface area contributed by atoms with Gasteiger partial charge in [0.25, 0.3) is 0 Å². The number of aryl methyl sites for hydroxylation is 1. The molecule has 0 atom stereocenters. The first-order valence-electron chi connectivity index (χ1n) is 4.15. The Morgan fingerprint density at radius 1 is 1.36 bits per heavy atom. The average Bonchev–Trinajstić information content (AvgIpc) is 2.15. The van der Waals surface area contributed by atoms with Crippen LogP contribution in [-0.4, -0.2) is 11.1 Å². The van der Waals surface area contributed by atoms with Crippen molar-refractivity contribution in [2.45, 2.75) is 12.8 Å². The molecule has 0 radical (unpaired) electrons. The van der Waals surface area contributed by atoms with Crippen molar-refractivity contribution in [2.75, 3.05) is 0 Å². The molecule has 0 spiro atoms. The van der Waals surface area contributed by atoms with Gasteiger partial charge in [-0.15, -0.1) is 12.4 Å². The maximum absolute atomic E-state index is 10.3. The Morgan fingerprint density at radius 2 is 1.93 bits per heavy atom. The van der Waals surface area contributed by atoms with E-state index in [0.29, 0.717) is 6.42 Å². The molecule has 0 aliphatic rings. The van der Waals surface area contributed by atoms with Crippen LogP contribution in [0.1, 0.15) is 17.5 Å². The van der Waals surface area contributed by atoms with E-state index in [1.54, 1.807) is 6.08 Å². The molecule has 0 amide bonds. The summed E-state index contributed by atoms with van der Waals surface area (Å²) in [4.78, 5) is 10.3. The Labute approximate surface area is 89.7 Å². The molecule has 76 valence electrons. The maximum Gasteiger partial charge on any atom is 0.303 e. The first-order valence-corrected chi connectivity index (χ1v) is 4.15. The highest BCUT2D eigenvalue weighted by molar-refractivity contribution is 5.85. The SMILES string of the molecule is C=Cc1ccc(CCC(=O)O)cc1.Cl. The fourth-order valence-corrected chi connectivity index (χ4v) is 1.07. The molecule has 0 saturated carbocycles. The van der Waals surface area contributed by atoms with Gasteiger partial charge in [0.2, 0.25) is 0 Å². The van der Waals surface area contributed by atoms with E-state index in [-0.39, 0.29) is 18.8 Å². The topological polar surface area (TPSA) is 37.3 Å². The number of aliphatic carboxylic acids is 1. The fraction of sp³-hybridized carbons (Fsp3) is 0.182. The number of carboxylic acids is 1. The van der Waals surface area contributed by atoms with Crippen LogP contribution in [0, 0.1) is 0 Å². The summed E-state index contributed by atoms with van der Waals surface area (Å²) in [7, 11) is 0. The van der Waals surface area contributed by atoms with Crippen LogP contribution in [0.2, 0.25) is 0 Å². The van der Waals surface area contributed by atoms with Crippen LogP contribution in [0.25, 0.3) is 6.08 Å². The highest BCUT2D eigenvalue weighted by Gasteiger charge is 1.97. The molecule has 1 aromatic carbocycles. The van der Waals surface area contributed by atoms with Gasteiger partial charge in [0, 0.05) is 6.42 Å². The molecule has 1 N–H and O–H groups in total. The van der Waals surface area contributed by atoms with E-state index in [1.807, 2.05) is 24.3 Å². The van der Waals surface area contributed by atoms with Crippen LogP contribution in [0.3, 0.4) is 0 Å². The number of hydrogen-bond acceptors (Lipinski definition) is 1. The summed E-state index contributed by atoms with van der Waals surface area (Å²) in [5.41, 5.74) is 2.10. The Balaban J connectivity index is 0.00000169. The van der Waals surface area contributed by atoms with Gasteiger partial charge in [-0.1, -0.05) is 36.9 Å². The van der Waals surface area contributed by atoms with Gasteiger partial charge in [-0.25, -0.2) is 0 Å². The molecule has 14 heavy (non-hydrogen) atoms. The van der Waals surface area contributed by atoms with Gasteiger partial charge in [0.15, 0.2) is 0 Å². The summed E-state index contributed by atoms with van der Waals surface area (Å²) in [6, 6.07) is 7.73. The minimum Gasteiger partial charge on any atom is -0.481 e.